The van der Waals surface area contributed by atoms with Crippen LogP contribution in [-0.2, 0) is 11.3 Å². The van der Waals surface area contributed by atoms with Crippen LogP contribution in [0.4, 0.5) is 11.5 Å². The SMILES string of the molecule is Cc1cc(Cn2cc(NC(=O)c3nccnc3C)cn2)cnc1N1C[C@H]2C[C@H]2C1=O. The molecule has 1 aliphatic heterocycles. The summed E-state index contributed by atoms with van der Waals surface area (Å²) in [6, 6.07) is 2.03. The first kappa shape index (κ1) is 18.4. The summed E-state index contributed by atoms with van der Waals surface area (Å²) in [4.78, 5) is 39.2. The van der Waals surface area contributed by atoms with E-state index in [1.54, 1.807) is 36.4 Å². The number of amides is 2. The first-order valence-corrected chi connectivity index (χ1v) is 9.88. The van der Waals surface area contributed by atoms with E-state index >= 15 is 0 Å². The van der Waals surface area contributed by atoms with Gasteiger partial charge >= 0.3 is 0 Å². The molecule has 2 atom stereocenters. The molecule has 1 saturated carbocycles. The molecule has 0 bridgehead atoms. The van der Waals surface area contributed by atoms with Crippen LogP contribution in [0.3, 0.4) is 0 Å². The van der Waals surface area contributed by atoms with Crippen LogP contribution < -0.4 is 10.2 Å². The zero-order valence-corrected chi connectivity index (χ0v) is 16.7. The van der Waals surface area contributed by atoms with Gasteiger partial charge in [-0.15, -0.1) is 0 Å². The van der Waals surface area contributed by atoms with Crippen molar-refractivity contribution in [2.45, 2.75) is 26.8 Å². The first-order valence-electron chi connectivity index (χ1n) is 9.88. The van der Waals surface area contributed by atoms with Gasteiger partial charge in [0.2, 0.25) is 5.91 Å². The molecule has 2 amide bonds. The molecule has 1 saturated heterocycles. The van der Waals surface area contributed by atoms with Gasteiger partial charge in [0.15, 0.2) is 0 Å². The predicted octanol–water partition coefficient (Wildman–Crippen LogP) is 1.97. The Morgan fingerprint density at radius 1 is 1.20 bits per heavy atom. The summed E-state index contributed by atoms with van der Waals surface area (Å²) in [6.45, 7) is 5.00. The third kappa shape index (κ3) is 3.32. The van der Waals surface area contributed by atoms with Gasteiger partial charge < -0.3 is 5.32 Å². The minimum absolute atomic E-state index is 0.203. The average molecular weight is 403 g/mol. The van der Waals surface area contributed by atoms with Gasteiger partial charge in [-0.2, -0.15) is 5.10 Å². The molecule has 1 N–H and O–H groups in total. The lowest BCUT2D eigenvalue weighted by Crippen LogP contribution is -2.29. The second-order valence-electron chi connectivity index (χ2n) is 7.91. The van der Waals surface area contributed by atoms with Gasteiger partial charge in [0.05, 0.1) is 24.1 Å². The fourth-order valence-corrected chi connectivity index (χ4v) is 3.98. The minimum atomic E-state index is -0.324. The molecule has 2 fully saturated rings. The molecule has 9 heteroatoms. The molecule has 3 aromatic heterocycles. The van der Waals surface area contributed by atoms with E-state index in [0.29, 0.717) is 23.8 Å². The van der Waals surface area contributed by atoms with Gasteiger partial charge in [-0.1, -0.05) is 0 Å². The number of fused-ring (bicyclic) bond motifs is 1. The molecule has 4 heterocycles. The van der Waals surface area contributed by atoms with Crippen molar-refractivity contribution in [3.8, 4) is 0 Å². The molecule has 2 aliphatic rings. The van der Waals surface area contributed by atoms with E-state index in [1.807, 2.05) is 17.9 Å². The van der Waals surface area contributed by atoms with Crippen molar-refractivity contribution in [1.82, 2.24) is 24.7 Å². The number of aromatic nitrogens is 5. The zero-order chi connectivity index (χ0) is 20.8. The summed E-state index contributed by atoms with van der Waals surface area (Å²) < 4.78 is 1.73. The molecule has 9 nitrogen and oxygen atoms in total. The van der Waals surface area contributed by atoms with Crippen molar-refractivity contribution in [2.75, 3.05) is 16.8 Å². The number of hydrogen-bond acceptors (Lipinski definition) is 6. The number of rotatable bonds is 5. The van der Waals surface area contributed by atoms with Crippen LogP contribution in [0.2, 0.25) is 0 Å². The summed E-state index contributed by atoms with van der Waals surface area (Å²) in [5.41, 5.74) is 3.38. The number of carbonyl (C=O) groups excluding carboxylic acids is 2. The van der Waals surface area contributed by atoms with Crippen molar-refractivity contribution < 1.29 is 9.59 Å². The molecular formula is C21H21N7O2. The molecule has 1 aliphatic carbocycles. The Bertz CT molecular complexity index is 1160. The quantitative estimate of drug-likeness (QED) is 0.698. The van der Waals surface area contributed by atoms with Gasteiger partial charge in [-0.25, -0.2) is 9.97 Å². The highest BCUT2D eigenvalue weighted by Gasteiger charge is 2.53. The highest BCUT2D eigenvalue weighted by molar-refractivity contribution is 6.03. The third-order valence-corrected chi connectivity index (χ3v) is 5.62. The second-order valence-corrected chi connectivity index (χ2v) is 7.91. The lowest BCUT2D eigenvalue weighted by Gasteiger charge is -2.19. The minimum Gasteiger partial charge on any atom is -0.318 e. The van der Waals surface area contributed by atoms with E-state index in [-0.39, 0.29) is 23.4 Å². The number of piperidine rings is 1. The largest absolute Gasteiger partial charge is 0.318 e. The van der Waals surface area contributed by atoms with E-state index in [2.05, 4.69) is 25.4 Å². The van der Waals surface area contributed by atoms with Crippen LogP contribution in [0.1, 0.15) is 33.7 Å². The first-order chi connectivity index (χ1) is 14.5. The lowest BCUT2D eigenvalue weighted by molar-refractivity contribution is -0.118. The van der Waals surface area contributed by atoms with Crippen LogP contribution in [-0.4, -0.2) is 43.1 Å². The average Bonchev–Trinajstić information content (AvgIpc) is 3.25. The molecule has 152 valence electrons. The summed E-state index contributed by atoms with van der Waals surface area (Å²) in [7, 11) is 0. The Morgan fingerprint density at radius 3 is 2.77 bits per heavy atom. The van der Waals surface area contributed by atoms with Gasteiger partial charge in [0.25, 0.3) is 5.91 Å². The highest BCUT2D eigenvalue weighted by atomic mass is 16.2. The Kier molecular flexibility index (Phi) is 4.30. The number of carbonyl (C=O) groups is 2. The van der Waals surface area contributed by atoms with Gasteiger partial charge in [-0.05, 0) is 43.4 Å². The molecule has 3 aromatic rings. The summed E-state index contributed by atoms with van der Waals surface area (Å²) in [5.74, 6) is 1.36. The van der Waals surface area contributed by atoms with Crippen LogP contribution in [0.25, 0.3) is 0 Å². The number of hydrogen-bond donors (Lipinski definition) is 1. The zero-order valence-electron chi connectivity index (χ0n) is 16.7. The smallest absolute Gasteiger partial charge is 0.276 e. The topological polar surface area (TPSA) is 106 Å². The van der Waals surface area contributed by atoms with Gasteiger partial charge in [0, 0.05) is 37.3 Å². The van der Waals surface area contributed by atoms with Crippen LogP contribution in [0, 0.1) is 25.7 Å². The third-order valence-electron chi connectivity index (χ3n) is 5.62. The maximum atomic E-state index is 12.4. The standard InChI is InChI=1S/C21H21N7O2/c1-12-5-14(7-24-19(12)28-10-15-6-17(15)21(28)30)9-27-11-16(8-25-27)26-20(29)18-13(2)22-3-4-23-18/h3-5,7-8,11,15,17H,6,9-10H2,1-2H3,(H,26,29)/t15-,17-/m1/s1. The summed E-state index contributed by atoms with van der Waals surface area (Å²) >= 11 is 0. The van der Waals surface area contributed by atoms with Crippen molar-refractivity contribution in [3.63, 3.8) is 0 Å². The van der Waals surface area contributed by atoms with Crippen LogP contribution in [0.15, 0.2) is 37.1 Å². The van der Waals surface area contributed by atoms with E-state index in [9.17, 15) is 9.59 Å². The van der Waals surface area contributed by atoms with E-state index in [1.165, 1.54) is 6.20 Å². The number of pyridine rings is 1. The van der Waals surface area contributed by atoms with E-state index in [0.717, 1.165) is 29.9 Å². The van der Waals surface area contributed by atoms with E-state index in [4.69, 9.17) is 0 Å². The normalized spacial score (nSPS) is 19.7. The van der Waals surface area contributed by atoms with Crippen molar-refractivity contribution in [3.05, 3.63) is 59.6 Å². The van der Waals surface area contributed by atoms with Crippen molar-refractivity contribution >= 4 is 23.3 Å². The number of anilines is 2. The fourth-order valence-electron chi connectivity index (χ4n) is 3.98. The summed E-state index contributed by atoms with van der Waals surface area (Å²) in [5, 5.41) is 7.10. The molecule has 0 spiro atoms. The highest BCUT2D eigenvalue weighted by Crippen LogP contribution is 2.47. The Morgan fingerprint density at radius 2 is 2.03 bits per heavy atom. The predicted molar refractivity (Wildman–Crippen MR) is 109 cm³/mol. The second kappa shape index (κ2) is 7.01. The Labute approximate surface area is 173 Å². The molecular weight excluding hydrogens is 382 g/mol. The van der Waals surface area contributed by atoms with Crippen LogP contribution >= 0.6 is 0 Å². The maximum absolute atomic E-state index is 12.4. The number of aryl methyl sites for hydroxylation is 2. The van der Waals surface area contributed by atoms with Gasteiger partial charge in [0.1, 0.15) is 11.5 Å². The van der Waals surface area contributed by atoms with Gasteiger partial charge in [-0.3, -0.25) is 24.2 Å². The molecule has 0 unspecified atom stereocenters. The van der Waals surface area contributed by atoms with Crippen molar-refractivity contribution in [1.29, 1.82) is 0 Å². The monoisotopic (exact) mass is 403 g/mol. The Hall–Kier alpha value is -3.62. The molecule has 0 aromatic carbocycles. The fraction of sp³-hybridized carbons (Fsp3) is 0.333. The van der Waals surface area contributed by atoms with E-state index < -0.39 is 0 Å². The van der Waals surface area contributed by atoms with Crippen LogP contribution in [0.5, 0.6) is 0 Å². The lowest BCUT2D eigenvalue weighted by atomic mass is 10.2. The summed E-state index contributed by atoms with van der Waals surface area (Å²) in [6.07, 6.45) is 9.19. The molecule has 30 heavy (non-hydrogen) atoms. The maximum Gasteiger partial charge on any atom is 0.276 e. The number of nitrogens with zero attached hydrogens (tertiary/aromatic N) is 6. The number of nitrogens with one attached hydrogen (secondary N) is 1. The molecule has 5 rings (SSSR count). The Balaban J connectivity index is 1.26. The molecule has 0 radical (unpaired) electrons. The van der Waals surface area contributed by atoms with Crippen molar-refractivity contribution in [2.24, 2.45) is 11.8 Å².